The average Bonchev–Trinajstić information content (AvgIpc) is 3.35. The monoisotopic (exact) mass is 350 g/mol. The molecule has 1 aliphatic heterocycles. The third-order valence-corrected chi connectivity index (χ3v) is 5.23. The number of nitrogens with zero attached hydrogens (tertiary/aromatic N) is 3. The van der Waals surface area contributed by atoms with Crippen LogP contribution in [0.2, 0.25) is 0 Å². The number of thiazole rings is 1. The number of carbonyl (C=O) groups excluding carboxylic acids is 1. The van der Waals surface area contributed by atoms with Crippen LogP contribution in [-0.2, 0) is 0 Å². The summed E-state index contributed by atoms with van der Waals surface area (Å²) in [5.74, 6) is 0.815. The van der Waals surface area contributed by atoms with Gasteiger partial charge in [0.05, 0.1) is 18.1 Å². The van der Waals surface area contributed by atoms with Gasteiger partial charge in [0, 0.05) is 18.7 Å². The maximum atomic E-state index is 12.4. The highest BCUT2D eigenvalue weighted by Gasteiger charge is 2.15. The van der Waals surface area contributed by atoms with E-state index in [2.05, 4.69) is 20.2 Å². The number of rotatable bonds is 4. The summed E-state index contributed by atoms with van der Waals surface area (Å²) in [6, 6.07) is 13.7. The number of nitrogens with one attached hydrogen (secondary N) is 1. The average molecular weight is 350 g/mol. The summed E-state index contributed by atoms with van der Waals surface area (Å²) < 4.78 is 0. The molecule has 2 aromatic heterocycles. The second-order valence-corrected chi connectivity index (χ2v) is 6.98. The molecule has 0 atom stereocenters. The van der Waals surface area contributed by atoms with Crippen molar-refractivity contribution in [1.82, 2.24) is 9.97 Å². The van der Waals surface area contributed by atoms with Gasteiger partial charge in [-0.15, -0.1) is 11.3 Å². The molecule has 5 nitrogen and oxygen atoms in total. The van der Waals surface area contributed by atoms with Crippen molar-refractivity contribution in [1.29, 1.82) is 0 Å². The molecule has 3 aromatic rings. The van der Waals surface area contributed by atoms with Gasteiger partial charge in [-0.1, -0.05) is 30.3 Å². The second kappa shape index (κ2) is 7.03. The molecule has 0 radical (unpaired) electrons. The van der Waals surface area contributed by atoms with Crippen LogP contribution < -0.4 is 10.2 Å². The van der Waals surface area contributed by atoms with Crippen LogP contribution in [0, 0.1) is 0 Å². The lowest BCUT2D eigenvalue weighted by atomic mass is 10.2. The van der Waals surface area contributed by atoms with E-state index in [-0.39, 0.29) is 5.91 Å². The zero-order valence-corrected chi connectivity index (χ0v) is 14.5. The summed E-state index contributed by atoms with van der Waals surface area (Å²) in [6.45, 7) is 2.11. The molecule has 4 rings (SSSR count). The van der Waals surface area contributed by atoms with Gasteiger partial charge in [0.15, 0.2) is 0 Å². The summed E-state index contributed by atoms with van der Waals surface area (Å²) >= 11 is 1.39. The first kappa shape index (κ1) is 15.8. The number of aromatic nitrogens is 2. The third-order valence-electron chi connectivity index (χ3n) is 4.19. The van der Waals surface area contributed by atoms with Crippen LogP contribution in [0.15, 0.2) is 54.9 Å². The van der Waals surface area contributed by atoms with Gasteiger partial charge in [-0.25, -0.2) is 9.97 Å². The Morgan fingerprint density at radius 3 is 2.52 bits per heavy atom. The van der Waals surface area contributed by atoms with E-state index in [4.69, 9.17) is 0 Å². The molecule has 6 heteroatoms. The molecule has 1 amide bonds. The Balaban J connectivity index is 1.44. The van der Waals surface area contributed by atoms with E-state index >= 15 is 0 Å². The predicted molar refractivity (Wildman–Crippen MR) is 101 cm³/mol. The first-order valence-electron chi connectivity index (χ1n) is 8.33. The summed E-state index contributed by atoms with van der Waals surface area (Å²) in [4.78, 5) is 24.1. The minimum Gasteiger partial charge on any atom is -0.357 e. The van der Waals surface area contributed by atoms with Crippen LogP contribution in [0.5, 0.6) is 0 Å². The molecule has 1 aromatic carbocycles. The Hall–Kier alpha value is -2.73. The standard InChI is InChI=1S/C19H18N4OS/c24-18(16-13-21-19(25-16)14-6-2-1-3-7-14)22-15-8-9-17(20-12-15)23-10-4-5-11-23/h1-3,6-9,12-13H,4-5,10-11H2,(H,22,24). The molecule has 1 N–H and O–H groups in total. The van der Waals surface area contributed by atoms with Crippen molar-refractivity contribution in [3.63, 3.8) is 0 Å². The quantitative estimate of drug-likeness (QED) is 0.771. The van der Waals surface area contributed by atoms with Crippen molar-refractivity contribution in [3.8, 4) is 10.6 Å². The van der Waals surface area contributed by atoms with Gasteiger partial charge in [-0.05, 0) is 25.0 Å². The van der Waals surface area contributed by atoms with E-state index in [9.17, 15) is 4.79 Å². The summed E-state index contributed by atoms with van der Waals surface area (Å²) in [7, 11) is 0. The molecule has 1 aliphatic rings. The molecule has 0 bridgehead atoms. The second-order valence-electron chi connectivity index (χ2n) is 5.95. The lowest BCUT2D eigenvalue weighted by molar-refractivity contribution is 0.103. The van der Waals surface area contributed by atoms with Crippen molar-refractivity contribution < 1.29 is 4.79 Å². The zero-order valence-electron chi connectivity index (χ0n) is 13.7. The highest BCUT2D eigenvalue weighted by molar-refractivity contribution is 7.17. The van der Waals surface area contributed by atoms with Gasteiger partial charge < -0.3 is 10.2 Å². The minimum atomic E-state index is -0.157. The molecule has 3 heterocycles. The third kappa shape index (κ3) is 3.53. The fourth-order valence-corrected chi connectivity index (χ4v) is 3.70. The fourth-order valence-electron chi connectivity index (χ4n) is 2.88. The van der Waals surface area contributed by atoms with Crippen LogP contribution >= 0.6 is 11.3 Å². The number of carbonyl (C=O) groups is 1. The molecule has 0 saturated carbocycles. The Kier molecular flexibility index (Phi) is 4.43. The van der Waals surface area contributed by atoms with E-state index in [0.29, 0.717) is 10.6 Å². The van der Waals surface area contributed by atoms with Crippen molar-refractivity contribution >= 4 is 28.7 Å². The van der Waals surface area contributed by atoms with Gasteiger partial charge in [0.1, 0.15) is 15.7 Å². The summed E-state index contributed by atoms with van der Waals surface area (Å²) in [6.07, 6.45) is 5.77. The minimum absolute atomic E-state index is 0.157. The lowest BCUT2D eigenvalue weighted by Gasteiger charge is -2.16. The molecule has 25 heavy (non-hydrogen) atoms. The van der Waals surface area contributed by atoms with E-state index in [1.54, 1.807) is 12.4 Å². The van der Waals surface area contributed by atoms with Gasteiger partial charge in [-0.2, -0.15) is 0 Å². The molecule has 1 saturated heterocycles. The van der Waals surface area contributed by atoms with Gasteiger partial charge >= 0.3 is 0 Å². The predicted octanol–water partition coefficient (Wildman–Crippen LogP) is 4.06. The van der Waals surface area contributed by atoms with Gasteiger partial charge in [-0.3, -0.25) is 4.79 Å². The zero-order chi connectivity index (χ0) is 17.1. The summed E-state index contributed by atoms with van der Waals surface area (Å²) in [5.41, 5.74) is 1.71. The van der Waals surface area contributed by atoms with E-state index in [1.165, 1.54) is 24.2 Å². The first-order valence-corrected chi connectivity index (χ1v) is 9.15. The SMILES string of the molecule is O=C(Nc1ccc(N2CCCC2)nc1)c1cnc(-c2ccccc2)s1. The van der Waals surface area contributed by atoms with Crippen molar-refractivity contribution in [3.05, 3.63) is 59.7 Å². The number of hydrogen-bond acceptors (Lipinski definition) is 5. The normalized spacial score (nSPS) is 13.8. The molecule has 0 unspecified atom stereocenters. The van der Waals surface area contributed by atoms with E-state index < -0.39 is 0 Å². The molecular weight excluding hydrogens is 332 g/mol. The number of hydrogen-bond donors (Lipinski definition) is 1. The van der Waals surface area contributed by atoms with Gasteiger partial charge in [0.2, 0.25) is 0 Å². The topological polar surface area (TPSA) is 58.1 Å². The van der Waals surface area contributed by atoms with Crippen molar-refractivity contribution in [2.45, 2.75) is 12.8 Å². The highest BCUT2D eigenvalue weighted by atomic mass is 32.1. The van der Waals surface area contributed by atoms with Gasteiger partial charge in [0.25, 0.3) is 5.91 Å². The Bertz CT molecular complexity index is 855. The van der Waals surface area contributed by atoms with Crippen molar-refractivity contribution in [2.24, 2.45) is 0 Å². The Morgan fingerprint density at radius 2 is 1.80 bits per heavy atom. The van der Waals surface area contributed by atoms with Crippen molar-refractivity contribution in [2.75, 3.05) is 23.3 Å². The maximum absolute atomic E-state index is 12.4. The maximum Gasteiger partial charge on any atom is 0.267 e. The highest BCUT2D eigenvalue weighted by Crippen LogP contribution is 2.25. The Morgan fingerprint density at radius 1 is 1.00 bits per heavy atom. The molecule has 1 fully saturated rings. The van der Waals surface area contributed by atoms with Crippen LogP contribution in [0.4, 0.5) is 11.5 Å². The van der Waals surface area contributed by atoms with E-state index in [0.717, 1.165) is 29.5 Å². The van der Waals surface area contributed by atoms with E-state index in [1.807, 2.05) is 42.5 Å². The van der Waals surface area contributed by atoms with Crippen LogP contribution in [-0.4, -0.2) is 29.0 Å². The molecule has 0 aliphatic carbocycles. The first-order chi connectivity index (χ1) is 12.3. The summed E-state index contributed by atoms with van der Waals surface area (Å²) in [5, 5.41) is 3.73. The number of amides is 1. The van der Waals surface area contributed by atoms with Crippen LogP contribution in [0.3, 0.4) is 0 Å². The molecular formula is C19H18N4OS. The number of benzene rings is 1. The number of anilines is 2. The molecule has 126 valence electrons. The smallest absolute Gasteiger partial charge is 0.267 e. The fraction of sp³-hybridized carbons (Fsp3) is 0.211. The number of pyridine rings is 1. The lowest BCUT2D eigenvalue weighted by Crippen LogP contribution is -2.19. The molecule has 0 spiro atoms. The van der Waals surface area contributed by atoms with Crippen LogP contribution in [0.25, 0.3) is 10.6 Å². The van der Waals surface area contributed by atoms with Crippen LogP contribution in [0.1, 0.15) is 22.5 Å². The largest absolute Gasteiger partial charge is 0.357 e. The Labute approximate surface area is 150 Å².